The minimum atomic E-state index is -3.51. The topological polar surface area (TPSA) is 83.9 Å². The number of nitrogens with one attached hydrogen (secondary N) is 1. The van der Waals surface area contributed by atoms with Gasteiger partial charge in [0.1, 0.15) is 0 Å². The molecule has 3 rings (SSSR count). The molecule has 1 saturated heterocycles. The number of aromatic amines is 1. The van der Waals surface area contributed by atoms with E-state index in [4.69, 9.17) is 0 Å². The van der Waals surface area contributed by atoms with E-state index < -0.39 is 10.0 Å². The molecule has 0 radical (unpaired) electrons. The van der Waals surface area contributed by atoms with Crippen molar-refractivity contribution < 1.29 is 8.42 Å². The third-order valence-corrected chi connectivity index (χ3v) is 5.70. The van der Waals surface area contributed by atoms with Crippen molar-refractivity contribution in [3.05, 3.63) is 30.0 Å². The molecule has 1 N–H and O–H groups in total. The molecular formula is C13H19N5O2S. The maximum absolute atomic E-state index is 12.6. The van der Waals surface area contributed by atoms with Gasteiger partial charge >= 0.3 is 0 Å². The van der Waals surface area contributed by atoms with E-state index in [1.54, 1.807) is 24.0 Å². The molecule has 3 heterocycles. The Kier molecular flexibility index (Phi) is 3.58. The van der Waals surface area contributed by atoms with Gasteiger partial charge in [-0.3, -0.25) is 5.10 Å². The summed E-state index contributed by atoms with van der Waals surface area (Å²) >= 11 is 0. The van der Waals surface area contributed by atoms with E-state index in [0.29, 0.717) is 13.1 Å². The molecule has 21 heavy (non-hydrogen) atoms. The van der Waals surface area contributed by atoms with Crippen LogP contribution in [-0.4, -0.2) is 45.6 Å². The van der Waals surface area contributed by atoms with Gasteiger partial charge in [0.15, 0.2) is 5.03 Å². The minimum absolute atomic E-state index is 0.118. The number of H-pyrrole nitrogens is 1. The predicted octanol–water partition coefficient (Wildman–Crippen LogP) is 1.02. The maximum atomic E-state index is 12.6. The predicted molar refractivity (Wildman–Crippen MR) is 77.3 cm³/mol. The molecule has 1 aliphatic heterocycles. The summed E-state index contributed by atoms with van der Waals surface area (Å²) < 4.78 is 28.4. The Balaban J connectivity index is 1.85. The Morgan fingerprint density at radius 1 is 1.43 bits per heavy atom. The van der Waals surface area contributed by atoms with Crippen molar-refractivity contribution in [2.75, 3.05) is 13.1 Å². The molecular weight excluding hydrogens is 290 g/mol. The summed E-state index contributed by atoms with van der Waals surface area (Å²) in [6.45, 7) is 3.01. The van der Waals surface area contributed by atoms with Crippen molar-refractivity contribution in [3.8, 4) is 0 Å². The summed E-state index contributed by atoms with van der Waals surface area (Å²) in [5, 5.41) is 7.15. The number of hydrogen-bond acceptors (Lipinski definition) is 4. The Labute approximate surface area is 124 Å². The average Bonchev–Trinajstić information content (AvgIpc) is 3.08. The van der Waals surface area contributed by atoms with Crippen molar-refractivity contribution >= 4 is 10.0 Å². The van der Waals surface area contributed by atoms with E-state index >= 15 is 0 Å². The molecule has 0 saturated carbocycles. The molecule has 2 aromatic rings. The Bertz CT molecular complexity index is 733. The van der Waals surface area contributed by atoms with Crippen LogP contribution in [0.5, 0.6) is 0 Å². The lowest BCUT2D eigenvalue weighted by molar-refractivity contribution is 0.311. The third-order valence-electron chi connectivity index (χ3n) is 3.95. The number of aryl methyl sites for hydroxylation is 2. The molecule has 1 atom stereocenters. The highest BCUT2D eigenvalue weighted by Crippen LogP contribution is 2.30. The number of piperidine rings is 1. The highest BCUT2D eigenvalue weighted by Gasteiger charge is 2.33. The highest BCUT2D eigenvalue weighted by molar-refractivity contribution is 7.89. The number of rotatable bonds is 3. The molecule has 0 bridgehead atoms. The number of hydrogen-bond donors (Lipinski definition) is 1. The van der Waals surface area contributed by atoms with Crippen LogP contribution >= 0.6 is 0 Å². The molecule has 0 aromatic carbocycles. The van der Waals surface area contributed by atoms with Gasteiger partial charge in [-0.25, -0.2) is 13.4 Å². The van der Waals surface area contributed by atoms with Crippen LogP contribution in [0.4, 0.5) is 0 Å². The first-order chi connectivity index (χ1) is 9.98. The summed E-state index contributed by atoms with van der Waals surface area (Å²) in [4.78, 5) is 3.98. The molecule has 1 fully saturated rings. The van der Waals surface area contributed by atoms with E-state index in [1.807, 2.05) is 6.92 Å². The number of imidazole rings is 1. The van der Waals surface area contributed by atoms with Gasteiger partial charge in [-0.2, -0.15) is 9.40 Å². The number of aromatic nitrogens is 4. The van der Waals surface area contributed by atoms with E-state index in [9.17, 15) is 8.42 Å². The molecule has 0 amide bonds. The van der Waals surface area contributed by atoms with E-state index in [1.165, 1.54) is 10.6 Å². The molecule has 114 valence electrons. The van der Waals surface area contributed by atoms with Crippen molar-refractivity contribution in [1.82, 2.24) is 24.1 Å². The number of nitrogens with zero attached hydrogens (tertiary/aromatic N) is 4. The van der Waals surface area contributed by atoms with E-state index in [0.717, 1.165) is 24.1 Å². The third kappa shape index (κ3) is 2.60. The lowest BCUT2D eigenvalue weighted by Crippen LogP contribution is -2.39. The van der Waals surface area contributed by atoms with Gasteiger partial charge in [0.05, 0.1) is 12.5 Å². The molecule has 0 spiro atoms. The Morgan fingerprint density at radius 2 is 2.24 bits per heavy atom. The highest BCUT2D eigenvalue weighted by atomic mass is 32.2. The van der Waals surface area contributed by atoms with Crippen LogP contribution < -0.4 is 0 Å². The molecule has 0 unspecified atom stereocenters. The van der Waals surface area contributed by atoms with Crippen LogP contribution in [0.25, 0.3) is 0 Å². The smallest absolute Gasteiger partial charge is 0.262 e. The zero-order valence-electron chi connectivity index (χ0n) is 12.2. The van der Waals surface area contributed by atoms with Crippen molar-refractivity contribution in [3.63, 3.8) is 0 Å². The van der Waals surface area contributed by atoms with Crippen molar-refractivity contribution in [2.45, 2.75) is 30.7 Å². The van der Waals surface area contributed by atoms with Crippen LogP contribution in [0, 0.1) is 6.92 Å². The quantitative estimate of drug-likeness (QED) is 0.917. The second kappa shape index (κ2) is 5.27. The van der Waals surface area contributed by atoms with Crippen LogP contribution in [0.1, 0.15) is 30.0 Å². The lowest BCUT2D eigenvalue weighted by atomic mass is 9.94. The Hall–Kier alpha value is -1.67. The Morgan fingerprint density at radius 3 is 2.86 bits per heavy atom. The van der Waals surface area contributed by atoms with Crippen LogP contribution in [0.2, 0.25) is 0 Å². The van der Waals surface area contributed by atoms with Gasteiger partial charge in [0.25, 0.3) is 10.0 Å². The van der Waals surface area contributed by atoms with Gasteiger partial charge in [-0.1, -0.05) is 0 Å². The SMILES string of the molecule is Cc1cn[nH]c1[C@@H]1CCCN(S(=O)(=O)c2cn(C)cn2)C1. The molecule has 8 heteroatoms. The van der Waals surface area contributed by atoms with Gasteiger partial charge < -0.3 is 4.57 Å². The van der Waals surface area contributed by atoms with Crippen LogP contribution in [0.3, 0.4) is 0 Å². The second-order valence-electron chi connectivity index (χ2n) is 5.55. The van der Waals surface area contributed by atoms with Gasteiger partial charge in [0.2, 0.25) is 0 Å². The maximum Gasteiger partial charge on any atom is 0.262 e. The summed E-state index contributed by atoms with van der Waals surface area (Å²) in [6.07, 6.45) is 6.64. The monoisotopic (exact) mass is 309 g/mol. The van der Waals surface area contributed by atoms with Crippen molar-refractivity contribution in [2.24, 2.45) is 7.05 Å². The lowest BCUT2D eigenvalue weighted by Gasteiger charge is -2.31. The average molecular weight is 309 g/mol. The molecule has 0 aliphatic carbocycles. The number of sulfonamides is 1. The molecule has 1 aliphatic rings. The molecule has 7 nitrogen and oxygen atoms in total. The van der Waals surface area contributed by atoms with Crippen LogP contribution in [-0.2, 0) is 17.1 Å². The zero-order chi connectivity index (χ0) is 15.0. The standard InChI is InChI=1S/C13H19N5O2S/c1-10-6-15-16-13(10)11-4-3-5-18(7-11)21(19,20)12-8-17(2)9-14-12/h6,8-9,11H,3-5,7H2,1-2H3,(H,15,16)/t11-/m1/s1. The minimum Gasteiger partial charge on any atom is -0.339 e. The van der Waals surface area contributed by atoms with E-state index in [2.05, 4.69) is 15.2 Å². The fraction of sp³-hybridized carbons (Fsp3) is 0.538. The normalized spacial score (nSPS) is 20.8. The first-order valence-electron chi connectivity index (χ1n) is 6.96. The fourth-order valence-corrected chi connectivity index (χ4v) is 4.31. The fourth-order valence-electron chi connectivity index (χ4n) is 2.82. The van der Waals surface area contributed by atoms with Gasteiger partial charge in [0, 0.05) is 37.9 Å². The second-order valence-corrected chi connectivity index (χ2v) is 7.43. The van der Waals surface area contributed by atoms with Crippen molar-refractivity contribution in [1.29, 1.82) is 0 Å². The zero-order valence-corrected chi connectivity index (χ0v) is 13.0. The first kappa shape index (κ1) is 14.3. The van der Waals surface area contributed by atoms with E-state index in [-0.39, 0.29) is 10.9 Å². The van der Waals surface area contributed by atoms with Gasteiger partial charge in [-0.15, -0.1) is 0 Å². The van der Waals surface area contributed by atoms with Crippen LogP contribution in [0.15, 0.2) is 23.7 Å². The summed E-state index contributed by atoms with van der Waals surface area (Å²) in [5.41, 5.74) is 2.12. The summed E-state index contributed by atoms with van der Waals surface area (Å²) in [5.74, 6) is 0.166. The summed E-state index contributed by atoms with van der Waals surface area (Å²) in [6, 6.07) is 0. The first-order valence-corrected chi connectivity index (χ1v) is 8.40. The molecule has 2 aromatic heterocycles. The summed E-state index contributed by atoms with van der Waals surface area (Å²) in [7, 11) is -1.75. The largest absolute Gasteiger partial charge is 0.339 e. The van der Waals surface area contributed by atoms with Gasteiger partial charge in [-0.05, 0) is 25.3 Å².